The molecule has 0 saturated carbocycles. The van der Waals surface area contributed by atoms with E-state index < -0.39 is 17.0 Å². The lowest BCUT2D eigenvalue weighted by Gasteiger charge is -1.89. The van der Waals surface area contributed by atoms with Gasteiger partial charge in [-0.1, -0.05) is 27.5 Å². The maximum Gasteiger partial charge on any atom is 0.347 e. The number of carboxylic acid groups (broad SMARTS) is 2. The highest BCUT2D eigenvalue weighted by molar-refractivity contribution is 9.11. The predicted molar refractivity (Wildman–Crippen MR) is 46.2 cm³/mol. The summed E-state index contributed by atoms with van der Waals surface area (Å²) in [6.45, 7) is 0. The summed E-state index contributed by atoms with van der Waals surface area (Å²) < 4.78 is 0.0856. The van der Waals surface area contributed by atoms with Crippen molar-refractivity contribution in [2.75, 3.05) is 0 Å². The van der Waals surface area contributed by atoms with Crippen LogP contribution < -0.4 is 0 Å². The van der Waals surface area contributed by atoms with Crippen LogP contribution in [0.3, 0.4) is 0 Å². The van der Waals surface area contributed by atoms with Crippen molar-refractivity contribution in [3.63, 3.8) is 0 Å². The third-order valence-electron chi connectivity index (χ3n) is 0.730. The van der Waals surface area contributed by atoms with E-state index in [9.17, 15) is 9.59 Å². The van der Waals surface area contributed by atoms with Crippen LogP contribution in [0.2, 0.25) is 0 Å². The number of allylic oxidation sites excluding steroid dienone is 2. The number of halogens is 2. The van der Waals surface area contributed by atoms with E-state index in [0.717, 1.165) is 12.2 Å². The summed E-state index contributed by atoms with van der Waals surface area (Å²) >= 11 is 8.00. The number of aliphatic carboxylic acids is 2. The van der Waals surface area contributed by atoms with E-state index in [4.69, 9.17) is 21.8 Å². The molecule has 12 heavy (non-hydrogen) atoms. The first-order valence-corrected chi connectivity index (χ1v) is 3.81. The standard InChI is InChI=1S/C6H4BrClO4/c7-3(2-5(9)10)1-4(8)6(11)12/h1-2H,(H,9,10)(H,11,12). The molecule has 4 nitrogen and oxygen atoms in total. The van der Waals surface area contributed by atoms with Gasteiger partial charge in [0.25, 0.3) is 0 Å². The number of carbonyl (C=O) groups is 2. The quantitative estimate of drug-likeness (QED) is 0.593. The molecule has 66 valence electrons. The molecule has 0 radical (unpaired) electrons. The lowest BCUT2D eigenvalue weighted by molar-refractivity contribution is -0.132. The third kappa shape index (κ3) is 4.92. The molecule has 0 aliphatic rings. The van der Waals surface area contributed by atoms with Crippen LogP contribution in [0.5, 0.6) is 0 Å². The fourth-order valence-electron chi connectivity index (χ4n) is 0.342. The van der Waals surface area contributed by atoms with Crippen LogP contribution in [0.25, 0.3) is 0 Å². The number of hydrogen-bond donors (Lipinski definition) is 2. The second-order valence-corrected chi connectivity index (χ2v) is 2.99. The minimum Gasteiger partial charge on any atom is -0.478 e. The molecule has 0 aliphatic carbocycles. The fraction of sp³-hybridized carbons (Fsp3) is 0. The zero-order chi connectivity index (χ0) is 9.72. The summed E-state index contributed by atoms with van der Waals surface area (Å²) in [5.74, 6) is -2.50. The van der Waals surface area contributed by atoms with Crippen molar-refractivity contribution >= 4 is 39.5 Å². The normalized spacial score (nSPS) is 12.8. The van der Waals surface area contributed by atoms with Crippen molar-refractivity contribution in [1.29, 1.82) is 0 Å². The van der Waals surface area contributed by atoms with Gasteiger partial charge in [0.1, 0.15) is 5.03 Å². The smallest absolute Gasteiger partial charge is 0.347 e. The van der Waals surface area contributed by atoms with Gasteiger partial charge in [-0.15, -0.1) is 0 Å². The van der Waals surface area contributed by atoms with Gasteiger partial charge in [-0.25, -0.2) is 9.59 Å². The highest BCUT2D eigenvalue weighted by Crippen LogP contribution is 2.12. The van der Waals surface area contributed by atoms with E-state index in [1.54, 1.807) is 0 Å². The Hall–Kier alpha value is -0.810. The highest BCUT2D eigenvalue weighted by atomic mass is 79.9. The minimum absolute atomic E-state index is 0.0856. The summed E-state index contributed by atoms with van der Waals surface area (Å²) in [5, 5.41) is 16.0. The van der Waals surface area contributed by atoms with Crippen LogP contribution in [0.1, 0.15) is 0 Å². The van der Waals surface area contributed by atoms with Crippen LogP contribution in [-0.2, 0) is 9.59 Å². The average Bonchev–Trinajstić information content (AvgIpc) is 1.84. The Morgan fingerprint density at radius 2 is 1.75 bits per heavy atom. The van der Waals surface area contributed by atoms with Gasteiger partial charge in [-0.05, 0) is 6.08 Å². The molecular weight excluding hydrogens is 251 g/mol. The van der Waals surface area contributed by atoms with Crippen LogP contribution in [0, 0.1) is 0 Å². The second kappa shape index (κ2) is 4.95. The first-order chi connectivity index (χ1) is 5.43. The maximum absolute atomic E-state index is 10.1. The zero-order valence-electron chi connectivity index (χ0n) is 5.62. The molecule has 0 aromatic carbocycles. The number of rotatable bonds is 3. The molecule has 0 aliphatic heterocycles. The Kier molecular flexibility index (Phi) is 4.61. The van der Waals surface area contributed by atoms with Crippen LogP contribution >= 0.6 is 27.5 Å². The number of carboxylic acids is 2. The molecule has 2 N–H and O–H groups in total. The zero-order valence-corrected chi connectivity index (χ0v) is 7.96. The van der Waals surface area contributed by atoms with Gasteiger partial charge in [0.15, 0.2) is 0 Å². The van der Waals surface area contributed by atoms with Crippen molar-refractivity contribution in [2.24, 2.45) is 0 Å². The lowest BCUT2D eigenvalue weighted by atomic mass is 10.4. The highest BCUT2D eigenvalue weighted by Gasteiger charge is 2.03. The average molecular weight is 255 g/mol. The van der Waals surface area contributed by atoms with Gasteiger partial charge in [-0.2, -0.15) is 0 Å². The molecule has 0 unspecified atom stereocenters. The van der Waals surface area contributed by atoms with Crippen molar-refractivity contribution in [3.05, 3.63) is 21.7 Å². The molecule has 0 saturated heterocycles. The van der Waals surface area contributed by atoms with Crippen LogP contribution in [0.15, 0.2) is 21.7 Å². The topological polar surface area (TPSA) is 74.6 Å². The van der Waals surface area contributed by atoms with Crippen molar-refractivity contribution in [3.8, 4) is 0 Å². The Balaban J connectivity index is 4.54. The van der Waals surface area contributed by atoms with Gasteiger partial charge in [0.05, 0.1) is 0 Å². The second-order valence-electron chi connectivity index (χ2n) is 1.66. The maximum atomic E-state index is 10.1. The molecule has 0 atom stereocenters. The van der Waals surface area contributed by atoms with E-state index >= 15 is 0 Å². The molecule has 0 aromatic heterocycles. The summed E-state index contributed by atoms with van der Waals surface area (Å²) in [5.41, 5.74) is 0. The molecule has 0 bridgehead atoms. The largest absolute Gasteiger partial charge is 0.478 e. The monoisotopic (exact) mass is 254 g/mol. The van der Waals surface area contributed by atoms with Gasteiger partial charge in [0.2, 0.25) is 0 Å². The summed E-state index contributed by atoms with van der Waals surface area (Å²) in [4.78, 5) is 20.2. The van der Waals surface area contributed by atoms with Gasteiger partial charge >= 0.3 is 11.9 Å². The van der Waals surface area contributed by atoms with Crippen LogP contribution in [-0.4, -0.2) is 22.2 Å². The summed E-state index contributed by atoms with van der Waals surface area (Å²) in [7, 11) is 0. The molecule has 0 spiro atoms. The van der Waals surface area contributed by atoms with Gasteiger partial charge < -0.3 is 10.2 Å². The van der Waals surface area contributed by atoms with Crippen LogP contribution in [0.4, 0.5) is 0 Å². The Bertz CT molecular complexity index is 269. The first kappa shape index (κ1) is 11.2. The minimum atomic E-state index is -1.31. The molecule has 6 heteroatoms. The molecule has 0 rings (SSSR count). The molecule has 0 heterocycles. The van der Waals surface area contributed by atoms with Crippen molar-refractivity contribution in [2.45, 2.75) is 0 Å². The fourth-order valence-corrected chi connectivity index (χ4v) is 1.02. The van der Waals surface area contributed by atoms with Crippen molar-refractivity contribution < 1.29 is 19.8 Å². The van der Waals surface area contributed by atoms with E-state index in [1.165, 1.54) is 0 Å². The van der Waals surface area contributed by atoms with Crippen molar-refractivity contribution in [1.82, 2.24) is 0 Å². The van der Waals surface area contributed by atoms with E-state index in [1.807, 2.05) is 0 Å². The molecule has 0 aromatic rings. The van der Waals surface area contributed by atoms with E-state index in [2.05, 4.69) is 15.9 Å². The van der Waals surface area contributed by atoms with E-state index in [-0.39, 0.29) is 4.48 Å². The third-order valence-corrected chi connectivity index (χ3v) is 1.46. The lowest BCUT2D eigenvalue weighted by Crippen LogP contribution is -1.94. The van der Waals surface area contributed by atoms with Gasteiger partial charge in [-0.3, -0.25) is 0 Å². The Morgan fingerprint density at radius 1 is 1.25 bits per heavy atom. The Labute approximate surface area is 81.3 Å². The number of hydrogen-bond acceptors (Lipinski definition) is 2. The summed E-state index contributed by atoms with van der Waals surface area (Å²) in [6, 6.07) is 0. The first-order valence-electron chi connectivity index (χ1n) is 2.64. The SMILES string of the molecule is O=C(O)C=C(Br)C=C(Cl)C(=O)O. The summed E-state index contributed by atoms with van der Waals surface area (Å²) in [6.07, 6.45) is 1.77. The predicted octanol–water partition coefficient (Wildman–Crippen LogP) is 1.56. The van der Waals surface area contributed by atoms with E-state index in [0.29, 0.717) is 0 Å². The molecular formula is C6H4BrClO4. The molecule has 0 fully saturated rings. The van der Waals surface area contributed by atoms with Gasteiger partial charge in [0, 0.05) is 10.6 Å². The Morgan fingerprint density at radius 3 is 2.08 bits per heavy atom. The molecule has 0 amide bonds.